The van der Waals surface area contributed by atoms with E-state index in [2.05, 4.69) is 62.6 Å². The monoisotopic (exact) mass is 402 g/mol. The van der Waals surface area contributed by atoms with Crippen LogP contribution < -0.4 is 10.2 Å². The first-order valence-corrected chi connectivity index (χ1v) is 10.7. The molecule has 1 aromatic carbocycles. The summed E-state index contributed by atoms with van der Waals surface area (Å²) in [5.74, 6) is 1.92. The Morgan fingerprint density at radius 1 is 1.21 bits per heavy atom. The highest BCUT2D eigenvalue weighted by Gasteiger charge is 2.22. The number of nitrogens with one attached hydrogen (secondary N) is 1. The number of hydrogen-bond donors (Lipinski definition) is 1. The number of aryl methyl sites for hydroxylation is 1. The van der Waals surface area contributed by atoms with Crippen molar-refractivity contribution in [3.63, 3.8) is 0 Å². The van der Waals surface area contributed by atoms with Crippen LogP contribution in [0.1, 0.15) is 30.8 Å². The Labute approximate surface area is 171 Å². The Balaban J connectivity index is 1.61. The van der Waals surface area contributed by atoms with Crippen molar-refractivity contribution in [1.29, 1.82) is 0 Å². The summed E-state index contributed by atoms with van der Waals surface area (Å²) in [7, 11) is 1.72. The van der Waals surface area contributed by atoms with Gasteiger partial charge in [0.05, 0.1) is 13.2 Å². The van der Waals surface area contributed by atoms with Crippen molar-refractivity contribution >= 4 is 22.6 Å². The van der Waals surface area contributed by atoms with Crippen LogP contribution in [0.2, 0.25) is 0 Å². The maximum Gasteiger partial charge on any atom is 0.205 e. The molecule has 8 heteroatoms. The topological polar surface area (TPSA) is 65.9 Å². The predicted molar refractivity (Wildman–Crippen MR) is 115 cm³/mol. The highest BCUT2D eigenvalue weighted by atomic mass is 32.1. The summed E-state index contributed by atoms with van der Waals surface area (Å²) in [5.41, 5.74) is 2.38. The molecule has 0 radical (unpaired) electrons. The molecule has 0 amide bonds. The van der Waals surface area contributed by atoms with Gasteiger partial charge < -0.3 is 19.9 Å². The molecule has 0 unspecified atom stereocenters. The van der Waals surface area contributed by atoms with Gasteiger partial charge in [-0.15, -0.1) is 0 Å². The first kappa shape index (κ1) is 20.5. The maximum absolute atomic E-state index is 5.23. The average molecular weight is 403 g/mol. The molecular weight excluding hydrogens is 372 g/mol. The van der Waals surface area contributed by atoms with E-state index in [1.165, 1.54) is 22.7 Å². The third-order valence-corrected chi connectivity index (χ3v) is 5.49. The molecular formula is C20H30N6OS. The smallest absolute Gasteiger partial charge is 0.205 e. The van der Waals surface area contributed by atoms with Gasteiger partial charge in [-0.05, 0) is 18.1 Å². The van der Waals surface area contributed by atoms with E-state index in [0.717, 1.165) is 56.1 Å². The summed E-state index contributed by atoms with van der Waals surface area (Å²) >= 11 is 1.50. The Bertz CT molecular complexity index is 770. The SMILES string of the molecule is CCNC(=NCc1cccc(COC)c1)N1CCN(c2nc(CC)ns2)CC1. The number of anilines is 1. The molecule has 1 aliphatic rings. The molecule has 7 nitrogen and oxygen atoms in total. The zero-order valence-electron chi connectivity index (χ0n) is 17.0. The van der Waals surface area contributed by atoms with E-state index >= 15 is 0 Å². The second-order valence-electron chi connectivity index (χ2n) is 6.74. The summed E-state index contributed by atoms with van der Waals surface area (Å²) in [6.07, 6.45) is 0.888. The van der Waals surface area contributed by atoms with Crippen LogP contribution in [0.4, 0.5) is 5.13 Å². The van der Waals surface area contributed by atoms with Crippen LogP contribution in [0.25, 0.3) is 0 Å². The van der Waals surface area contributed by atoms with Crippen molar-refractivity contribution in [2.45, 2.75) is 33.4 Å². The zero-order valence-corrected chi connectivity index (χ0v) is 17.8. The predicted octanol–water partition coefficient (Wildman–Crippen LogP) is 2.53. The molecule has 1 aliphatic heterocycles. The maximum atomic E-state index is 5.23. The van der Waals surface area contributed by atoms with Gasteiger partial charge in [-0.2, -0.15) is 4.37 Å². The summed E-state index contributed by atoms with van der Waals surface area (Å²) in [4.78, 5) is 14.1. The fourth-order valence-corrected chi connectivity index (χ4v) is 4.00. The number of aliphatic imine (C=N–C) groups is 1. The first-order chi connectivity index (χ1) is 13.7. The molecule has 1 saturated heterocycles. The molecule has 0 atom stereocenters. The normalized spacial score (nSPS) is 15.2. The molecule has 0 bridgehead atoms. The summed E-state index contributed by atoms with van der Waals surface area (Å²) in [5, 5.41) is 4.47. The fraction of sp³-hybridized carbons (Fsp3) is 0.550. The summed E-state index contributed by atoms with van der Waals surface area (Å²) < 4.78 is 9.63. The quantitative estimate of drug-likeness (QED) is 0.567. The number of rotatable bonds is 7. The van der Waals surface area contributed by atoms with Crippen LogP contribution in [0.3, 0.4) is 0 Å². The van der Waals surface area contributed by atoms with Gasteiger partial charge in [-0.1, -0.05) is 31.2 Å². The number of hydrogen-bond acceptors (Lipinski definition) is 6. The van der Waals surface area contributed by atoms with Crippen LogP contribution in [0.15, 0.2) is 29.3 Å². The van der Waals surface area contributed by atoms with Crippen LogP contribution in [-0.4, -0.2) is 60.1 Å². The lowest BCUT2D eigenvalue weighted by Crippen LogP contribution is -2.52. The van der Waals surface area contributed by atoms with Gasteiger partial charge in [-0.25, -0.2) is 9.98 Å². The summed E-state index contributed by atoms with van der Waals surface area (Å²) in [6, 6.07) is 8.43. The lowest BCUT2D eigenvalue weighted by Gasteiger charge is -2.36. The average Bonchev–Trinajstić information content (AvgIpc) is 3.21. The molecule has 0 aliphatic carbocycles. The minimum atomic E-state index is 0.630. The summed E-state index contributed by atoms with van der Waals surface area (Å²) in [6.45, 7) is 10.1. The zero-order chi connectivity index (χ0) is 19.8. The number of guanidine groups is 1. The van der Waals surface area contributed by atoms with Crippen LogP contribution in [-0.2, 0) is 24.3 Å². The second-order valence-corrected chi connectivity index (χ2v) is 7.47. The molecule has 1 fully saturated rings. The van der Waals surface area contributed by atoms with E-state index in [-0.39, 0.29) is 0 Å². The molecule has 3 rings (SSSR count). The standard InChI is InChI=1S/C20H30N6OS/c1-4-18-23-20(28-24-18)26-11-9-25(10-12-26)19(21-5-2)22-14-16-7-6-8-17(13-16)15-27-3/h6-8,13H,4-5,9-12,14-15H2,1-3H3,(H,21,22). The van der Waals surface area contributed by atoms with Crippen molar-refractivity contribution < 1.29 is 4.74 Å². The number of piperazine rings is 1. The van der Waals surface area contributed by atoms with Gasteiger partial charge in [0.1, 0.15) is 5.82 Å². The fourth-order valence-electron chi connectivity index (χ4n) is 3.20. The van der Waals surface area contributed by atoms with Gasteiger partial charge in [-0.3, -0.25) is 0 Å². The van der Waals surface area contributed by atoms with E-state index in [4.69, 9.17) is 9.73 Å². The molecule has 1 aromatic heterocycles. The molecule has 2 aromatic rings. The lowest BCUT2D eigenvalue weighted by atomic mass is 10.1. The third-order valence-electron chi connectivity index (χ3n) is 4.67. The number of aromatic nitrogens is 2. The largest absolute Gasteiger partial charge is 0.380 e. The van der Waals surface area contributed by atoms with E-state index in [0.29, 0.717) is 13.2 Å². The molecule has 152 valence electrons. The van der Waals surface area contributed by atoms with E-state index in [9.17, 15) is 0 Å². The number of ether oxygens (including phenoxy) is 1. The minimum Gasteiger partial charge on any atom is -0.380 e. The van der Waals surface area contributed by atoms with E-state index in [1.807, 2.05) is 0 Å². The van der Waals surface area contributed by atoms with Crippen LogP contribution in [0, 0.1) is 0 Å². The Kier molecular flexibility index (Phi) is 7.62. The van der Waals surface area contributed by atoms with E-state index in [1.54, 1.807) is 7.11 Å². The number of methoxy groups -OCH3 is 1. The van der Waals surface area contributed by atoms with Gasteiger partial charge in [0.25, 0.3) is 0 Å². The Hall–Kier alpha value is -2.19. The lowest BCUT2D eigenvalue weighted by molar-refractivity contribution is 0.185. The third kappa shape index (κ3) is 5.42. The Morgan fingerprint density at radius 2 is 2.00 bits per heavy atom. The molecule has 0 spiro atoms. The van der Waals surface area contributed by atoms with Gasteiger partial charge >= 0.3 is 0 Å². The minimum absolute atomic E-state index is 0.630. The number of nitrogens with zero attached hydrogens (tertiary/aromatic N) is 5. The van der Waals surface area contributed by atoms with Crippen molar-refractivity contribution in [2.24, 2.45) is 4.99 Å². The first-order valence-electron chi connectivity index (χ1n) is 9.91. The highest BCUT2D eigenvalue weighted by molar-refractivity contribution is 7.09. The van der Waals surface area contributed by atoms with Gasteiger partial charge in [0, 0.05) is 57.8 Å². The van der Waals surface area contributed by atoms with Gasteiger partial charge in [0.2, 0.25) is 5.13 Å². The van der Waals surface area contributed by atoms with Crippen molar-refractivity contribution in [3.05, 3.63) is 41.2 Å². The van der Waals surface area contributed by atoms with Crippen LogP contribution in [0.5, 0.6) is 0 Å². The number of benzene rings is 1. The van der Waals surface area contributed by atoms with Crippen molar-refractivity contribution in [1.82, 2.24) is 19.6 Å². The molecule has 2 heterocycles. The molecule has 28 heavy (non-hydrogen) atoms. The highest BCUT2D eigenvalue weighted by Crippen LogP contribution is 2.19. The molecule has 0 saturated carbocycles. The van der Waals surface area contributed by atoms with Crippen LogP contribution >= 0.6 is 11.5 Å². The Morgan fingerprint density at radius 3 is 2.68 bits per heavy atom. The second kappa shape index (κ2) is 10.4. The molecule has 1 N–H and O–H groups in total. The van der Waals surface area contributed by atoms with E-state index < -0.39 is 0 Å². The van der Waals surface area contributed by atoms with Gasteiger partial charge in [0.15, 0.2) is 5.96 Å². The van der Waals surface area contributed by atoms with Crippen molar-refractivity contribution in [3.8, 4) is 0 Å². The van der Waals surface area contributed by atoms with Crippen molar-refractivity contribution in [2.75, 3.05) is 44.7 Å².